The summed E-state index contributed by atoms with van der Waals surface area (Å²) >= 11 is 0. The fourth-order valence-electron chi connectivity index (χ4n) is 4.19. The highest BCUT2D eigenvalue weighted by atomic mass is 16.5. The van der Waals surface area contributed by atoms with Crippen molar-refractivity contribution < 1.29 is 34.0 Å². The fraction of sp³-hybridized carbons (Fsp3) is 0.400. The van der Waals surface area contributed by atoms with Gasteiger partial charge >= 0.3 is 11.9 Å². The largest absolute Gasteiger partial charge is 0.493 e. The first-order valence-corrected chi connectivity index (χ1v) is 11.3. The van der Waals surface area contributed by atoms with Crippen molar-refractivity contribution >= 4 is 17.8 Å². The summed E-state index contributed by atoms with van der Waals surface area (Å²) in [5.41, 5.74) is 2.45. The molecule has 1 unspecified atom stereocenters. The van der Waals surface area contributed by atoms with Gasteiger partial charge in [0.15, 0.2) is 11.5 Å². The average molecular weight is 486 g/mol. The molecule has 0 saturated carbocycles. The third kappa shape index (κ3) is 7.17. The molecular weight excluding hydrogens is 454 g/mol. The van der Waals surface area contributed by atoms with E-state index in [4.69, 9.17) is 24.4 Å². The van der Waals surface area contributed by atoms with Crippen LogP contribution in [0.3, 0.4) is 0 Å². The zero-order valence-electron chi connectivity index (χ0n) is 19.9. The lowest BCUT2D eigenvalue weighted by Crippen LogP contribution is -2.48. The summed E-state index contributed by atoms with van der Waals surface area (Å²) in [7, 11) is 3.39. The average Bonchev–Trinajstić information content (AvgIpc) is 2.88. The van der Waals surface area contributed by atoms with E-state index in [0.717, 1.165) is 63.1 Å². The third-order valence-electron chi connectivity index (χ3n) is 5.84. The molecule has 1 atom stereocenters. The van der Waals surface area contributed by atoms with Gasteiger partial charge in [0.2, 0.25) is 0 Å². The van der Waals surface area contributed by atoms with Crippen LogP contribution in [0.2, 0.25) is 0 Å². The number of rotatable bonds is 7. The van der Waals surface area contributed by atoms with Gasteiger partial charge in [-0.15, -0.1) is 0 Å². The van der Waals surface area contributed by atoms with Crippen molar-refractivity contribution in [2.45, 2.75) is 12.5 Å². The smallest absolute Gasteiger partial charge is 0.328 e. The normalized spacial score (nSPS) is 17.8. The number of anilines is 1. The number of ether oxygens (including phenoxy) is 3. The zero-order valence-corrected chi connectivity index (χ0v) is 19.9. The van der Waals surface area contributed by atoms with E-state index in [1.165, 1.54) is 11.1 Å². The number of benzene rings is 1. The van der Waals surface area contributed by atoms with Gasteiger partial charge < -0.3 is 29.3 Å². The number of nitrogens with zero attached hydrogens (tertiary/aromatic N) is 3. The first-order valence-electron chi connectivity index (χ1n) is 11.3. The van der Waals surface area contributed by atoms with E-state index < -0.39 is 11.9 Å². The van der Waals surface area contributed by atoms with Crippen LogP contribution >= 0.6 is 0 Å². The molecule has 1 saturated heterocycles. The number of carboxylic acid groups (broad SMARTS) is 2. The highest BCUT2D eigenvalue weighted by Crippen LogP contribution is 2.39. The van der Waals surface area contributed by atoms with Crippen molar-refractivity contribution in [3.8, 4) is 11.5 Å². The first-order chi connectivity index (χ1) is 16.9. The molecule has 1 aromatic heterocycles. The number of pyridine rings is 1. The van der Waals surface area contributed by atoms with E-state index in [9.17, 15) is 9.59 Å². The maximum Gasteiger partial charge on any atom is 0.328 e. The SMILES string of the molecule is COc1ccc2c(c1OC)CCOC2CN1CCN(c2ccccn2)CC1.O=C(O)/C=C/C(=O)O. The first kappa shape index (κ1) is 26.0. The summed E-state index contributed by atoms with van der Waals surface area (Å²) < 4.78 is 17.2. The summed E-state index contributed by atoms with van der Waals surface area (Å²) in [6, 6.07) is 10.2. The van der Waals surface area contributed by atoms with Crippen molar-refractivity contribution in [1.82, 2.24) is 9.88 Å². The number of methoxy groups -OCH3 is 2. The molecule has 2 N–H and O–H groups in total. The topological polar surface area (TPSA) is 122 Å². The quantitative estimate of drug-likeness (QED) is 0.565. The van der Waals surface area contributed by atoms with E-state index >= 15 is 0 Å². The number of piperazine rings is 1. The molecule has 0 aliphatic carbocycles. The Morgan fingerprint density at radius 3 is 2.34 bits per heavy atom. The molecule has 1 fully saturated rings. The second kappa shape index (κ2) is 12.7. The van der Waals surface area contributed by atoms with E-state index in [0.29, 0.717) is 12.2 Å². The van der Waals surface area contributed by atoms with Crippen LogP contribution < -0.4 is 14.4 Å². The van der Waals surface area contributed by atoms with Gasteiger partial charge in [0.05, 0.1) is 26.9 Å². The van der Waals surface area contributed by atoms with Gasteiger partial charge in [0.25, 0.3) is 0 Å². The summed E-state index contributed by atoms with van der Waals surface area (Å²) in [6.07, 6.45) is 3.91. The summed E-state index contributed by atoms with van der Waals surface area (Å²) in [6.45, 7) is 5.62. The summed E-state index contributed by atoms with van der Waals surface area (Å²) in [4.78, 5) is 28.4. The molecule has 10 heteroatoms. The number of hydrogen-bond donors (Lipinski definition) is 2. The van der Waals surface area contributed by atoms with Crippen molar-refractivity contribution in [2.24, 2.45) is 0 Å². The highest BCUT2D eigenvalue weighted by Gasteiger charge is 2.28. The molecule has 1 aromatic carbocycles. The Morgan fingerprint density at radius 2 is 1.77 bits per heavy atom. The van der Waals surface area contributed by atoms with Crippen LogP contribution in [0, 0.1) is 0 Å². The standard InChI is InChI=1S/C21H27N3O3.C4H4O4/c1-25-18-7-6-16-17(21(18)26-2)8-14-27-19(16)15-23-10-12-24(13-11-23)20-5-3-4-9-22-20;5-3(6)1-2-4(7)8/h3-7,9,19H,8,10-15H2,1-2H3;1-2H,(H,5,6)(H,7,8)/b;2-1+. The lowest BCUT2D eigenvalue weighted by molar-refractivity contribution is -0.134. The van der Waals surface area contributed by atoms with Gasteiger partial charge in [-0.25, -0.2) is 14.6 Å². The molecule has 0 amide bonds. The molecule has 188 valence electrons. The Hall–Kier alpha value is -3.63. The molecular formula is C25H31N3O7. The van der Waals surface area contributed by atoms with E-state index in [1.54, 1.807) is 14.2 Å². The lowest BCUT2D eigenvalue weighted by atomic mass is 9.95. The molecule has 2 aliphatic heterocycles. The molecule has 0 radical (unpaired) electrons. The Kier molecular flexibility index (Phi) is 9.45. The predicted molar refractivity (Wildman–Crippen MR) is 129 cm³/mol. The zero-order chi connectivity index (χ0) is 25.2. The molecule has 2 aliphatic rings. The summed E-state index contributed by atoms with van der Waals surface area (Å²) in [5, 5.41) is 15.6. The molecule has 35 heavy (non-hydrogen) atoms. The van der Waals surface area contributed by atoms with E-state index in [-0.39, 0.29) is 6.10 Å². The number of aliphatic carboxylic acids is 2. The summed E-state index contributed by atoms with van der Waals surface area (Å²) in [5.74, 6) is 0.192. The second-order valence-corrected chi connectivity index (χ2v) is 7.96. The molecule has 3 heterocycles. The minimum Gasteiger partial charge on any atom is -0.493 e. The highest BCUT2D eigenvalue weighted by molar-refractivity contribution is 5.89. The van der Waals surface area contributed by atoms with Gasteiger partial charge in [-0.2, -0.15) is 0 Å². The minimum atomic E-state index is -1.26. The van der Waals surface area contributed by atoms with Crippen LogP contribution in [0.1, 0.15) is 17.2 Å². The van der Waals surface area contributed by atoms with Crippen molar-refractivity contribution in [1.29, 1.82) is 0 Å². The van der Waals surface area contributed by atoms with Crippen molar-refractivity contribution in [3.63, 3.8) is 0 Å². The van der Waals surface area contributed by atoms with Crippen molar-refractivity contribution in [2.75, 3.05) is 58.5 Å². The Labute approximate surface area is 204 Å². The predicted octanol–water partition coefficient (Wildman–Crippen LogP) is 2.25. The molecule has 4 rings (SSSR count). The van der Waals surface area contributed by atoms with Crippen LogP contribution in [-0.4, -0.2) is 85.6 Å². The number of carbonyl (C=O) groups is 2. The number of aromatic nitrogens is 1. The van der Waals surface area contributed by atoms with Crippen LogP contribution in [0.4, 0.5) is 5.82 Å². The number of carboxylic acids is 2. The van der Waals surface area contributed by atoms with Gasteiger partial charge in [-0.3, -0.25) is 4.90 Å². The lowest BCUT2D eigenvalue weighted by Gasteiger charge is -2.38. The van der Waals surface area contributed by atoms with Gasteiger partial charge in [-0.05, 0) is 30.2 Å². The maximum absolute atomic E-state index is 9.55. The number of hydrogen-bond acceptors (Lipinski definition) is 8. The van der Waals surface area contributed by atoms with Crippen LogP contribution in [0.25, 0.3) is 0 Å². The Bertz CT molecular complexity index is 1010. The van der Waals surface area contributed by atoms with Crippen molar-refractivity contribution in [3.05, 3.63) is 59.8 Å². The van der Waals surface area contributed by atoms with Gasteiger partial charge in [0.1, 0.15) is 5.82 Å². The molecule has 0 bridgehead atoms. The van der Waals surface area contributed by atoms with Gasteiger partial charge in [-0.1, -0.05) is 12.1 Å². The van der Waals surface area contributed by atoms with Gasteiger partial charge in [0, 0.05) is 56.6 Å². The second-order valence-electron chi connectivity index (χ2n) is 7.96. The Morgan fingerprint density at radius 1 is 1.06 bits per heavy atom. The maximum atomic E-state index is 9.55. The number of fused-ring (bicyclic) bond motifs is 1. The molecule has 10 nitrogen and oxygen atoms in total. The third-order valence-corrected chi connectivity index (χ3v) is 5.84. The van der Waals surface area contributed by atoms with E-state index in [2.05, 4.69) is 26.9 Å². The monoisotopic (exact) mass is 485 g/mol. The Balaban J connectivity index is 0.000000371. The van der Waals surface area contributed by atoms with E-state index in [1.807, 2.05) is 24.4 Å². The van der Waals surface area contributed by atoms with Crippen LogP contribution in [0.15, 0.2) is 48.7 Å². The molecule has 0 spiro atoms. The molecule has 2 aromatic rings. The fourth-order valence-corrected chi connectivity index (χ4v) is 4.19. The van der Waals surface area contributed by atoms with Crippen LogP contribution in [0.5, 0.6) is 11.5 Å². The minimum absolute atomic E-state index is 0.0787. The van der Waals surface area contributed by atoms with Crippen LogP contribution in [-0.2, 0) is 20.7 Å².